The molecule has 0 radical (unpaired) electrons. The summed E-state index contributed by atoms with van der Waals surface area (Å²) in [5.41, 5.74) is 6.55. The molecule has 2 aromatic carbocycles. The molecule has 0 aliphatic heterocycles. The van der Waals surface area contributed by atoms with Crippen molar-refractivity contribution in [3.63, 3.8) is 0 Å². The number of nitrogens with one attached hydrogen (secondary N) is 2. The van der Waals surface area contributed by atoms with Crippen LogP contribution in [0.5, 0.6) is 0 Å². The van der Waals surface area contributed by atoms with Crippen LogP contribution in [0.3, 0.4) is 0 Å². The molecule has 1 aromatic heterocycles. The van der Waals surface area contributed by atoms with Gasteiger partial charge in [0.2, 0.25) is 0 Å². The summed E-state index contributed by atoms with van der Waals surface area (Å²) in [7, 11) is 0. The first-order chi connectivity index (χ1) is 14.4. The Kier molecular flexibility index (Phi) is 3.93. The molecule has 0 spiro atoms. The molecule has 2 unspecified atom stereocenters. The molecule has 2 amide bonds. The van der Waals surface area contributed by atoms with Crippen molar-refractivity contribution in [3.8, 4) is 0 Å². The molecule has 1 heterocycles. The monoisotopic (exact) mass is 404 g/mol. The van der Waals surface area contributed by atoms with Crippen LogP contribution in [-0.2, 0) is 10.2 Å². The molecule has 152 valence electrons. The van der Waals surface area contributed by atoms with E-state index in [9.17, 15) is 14.0 Å². The zero-order chi connectivity index (χ0) is 21.1. The van der Waals surface area contributed by atoms with Gasteiger partial charge in [-0.25, -0.2) is 14.4 Å². The van der Waals surface area contributed by atoms with Crippen molar-refractivity contribution < 1.29 is 14.0 Å². The molecule has 2 aliphatic carbocycles. The van der Waals surface area contributed by atoms with E-state index in [4.69, 9.17) is 9.97 Å². The van der Waals surface area contributed by atoms with Crippen molar-refractivity contribution in [3.05, 3.63) is 71.3 Å². The number of rotatable bonds is 2. The van der Waals surface area contributed by atoms with E-state index in [1.807, 2.05) is 24.3 Å². The Morgan fingerprint density at radius 2 is 1.67 bits per heavy atom. The minimum Gasteiger partial charge on any atom is -0.272 e. The number of carbonyl (C=O) groups excluding carboxylic acids is 2. The van der Waals surface area contributed by atoms with Crippen LogP contribution in [0.4, 0.5) is 4.39 Å². The van der Waals surface area contributed by atoms with E-state index >= 15 is 0 Å². The fourth-order valence-corrected chi connectivity index (χ4v) is 5.26. The van der Waals surface area contributed by atoms with Gasteiger partial charge in [0.1, 0.15) is 11.2 Å². The number of hydrogen-bond donors (Lipinski definition) is 2. The average Bonchev–Trinajstić information content (AvgIpc) is 3.12. The van der Waals surface area contributed by atoms with Crippen LogP contribution < -0.4 is 10.9 Å². The highest BCUT2D eigenvalue weighted by molar-refractivity contribution is 5.98. The van der Waals surface area contributed by atoms with Gasteiger partial charge in [0.05, 0.1) is 28.0 Å². The SMILES string of the molecule is CC1(C)C2CCC1(C(=O)NNC(=O)c1ccccc1F)c1nc3ccccc3nc12. The number of nitrogens with zero attached hydrogens (tertiary/aromatic N) is 2. The van der Waals surface area contributed by atoms with Gasteiger partial charge in [-0.2, -0.15) is 0 Å². The third-order valence-electron chi connectivity index (χ3n) is 6.91. The van der Waals surface area contributed by atoms with Gasteiger partial charge in [-0.1, -0.05) is 38.1 Å². The van der Waals surface area contributed by atoms with Crippen molar-refractivity contribution in [1.82, 2.24) is 20.8 Å². The number of halogens is 1. The van der Waals surface area contributed by atoms with E-state index in [1.54, 1.807) is 6.07 Å². The highest BCUT2D eigenvalue weighted by Gasteiger charge is 2.68. The standard InChI is InChI=1S/C23H21FN4O2/c1-22(2)14-11-12-23(22,19-18(14)25-16-9-5-6-10-17(16)26-19)21(30)28-27-20(29)13-7-3-4-8-15(13)24/h3-10,14H,11-12H2,1-2H3,(H,27,29)(H,28,30). The molecule has 30 heavy (non-hydrogen) atoms. The van der Waals surface area contributed by atoms with E-state index in [0.29, 0.717) is 12.1 Å². The fourth-order valence-electron chi connectivity index (χ4n) is 5.26. The smallest absolute Gasteiger partial charge is 0.272 e. The molecule has 1 saturated carbocycles. The molecule has 5 rings (SSSR count). The quantitative estimate of drug-likeness (QED) is 0.642. The maximum absolute atomic E-state index is 13.9. The third-order valence-corrected chi connectivity index (χ3v) is 6.91. The second-order valence-corrected chi connectivity index (χ2v) is 8.55. The van der Waals surface area contributed by atoms with E-state index in [1.165, 1.54) is 18.2 Å². The Bertz CT molecular complexity index is 1210. The highest BCUT2D eigenvalue weighted by Crippen LogP contribution is 2.67. The summed E-state index contributed by atoms with van der Waals surface area (Å²) in [5.74, 6) is -1.58. The topological polar surface area (TPSA) is 84.0 Å². The number of carbonyl (C=O) groups is 2. The van der Waals surface area contributed by atoms with Gasteiger partial charge in [0, 0.05) is 5.92 Å². The van der Waals surface area contributed by atoms with Crippen LogP contribution in [0.1, 0.15) is 54.4 Å². The maximum atomic E-state index is 13.9. The minimum absolute atomic E-state index is 0.109. The van der Waals surface area contributed by atoms with Crippen molar-refractivity contribution in [1.29, 1.82) is 0 Å². The predicted molar refractivity (Wildman–Crippen MR) is 109 cm³/mol. The van der Waals surface area contributed by atoms with Crippen LogP contribution in [0.25, 0.3) is 11.0 Å². The number of fused-ring (bicyclic) bond motifs is 6. The van der Waals surface area contributed by atoms with Gasteiger partial charge < -0.3 is 0 Å². The number of hydrogen-bond acceptors (Lipinski definition) is 4. The normalized spacial score (nSPS) is 23.2. The van der Waals surface area contributed by atoms with E-state index in [2.05, 4.69) is 24.7 Å². The summed E-state index contributed by atoms with van der Waals surface area (Å²) in [4.78, 5) is 35.5. The molecule has 3 aromatic rings. The van der Waals surface area contributed by atoms with E-state index in [-0.39, 0.29) is 17.4 Å². The molecule has 2 bridgehead atoms. The molecule has 2 aliphatic rings. The summed E-state index contributed by atoms with van der Waals surface area (Å²) >= 11 is 0. The first kappa shape index (κ1) is 18.7. The number of para-hydroxylation sites is 2. The second-order valence-electron chi connectivity index (χ2n) is 8.55. The van der Waals surface area contributed by atoms with Gasteiger partial charge in [0.25, 0.3) is 11.8 Å². The van der Waals surface area contributed by atoms with Gasteiger partial charge in [0.15, 0.2) is 0 Å². The van der Waals surface area contributed by atoms with Crippen molar-refractivity contribution in [2.75, 3.05) is 0 Å². The van der Waals surface area contributed by atoms with Crippen molar-refractivity contribution >= 4 is 22.8 Å². The van der Waals surface area contributed by atoms with Crippen molar-refractivity contribution in [2.24, 2.45) is 5.41 Å². The minimum atomic E-state index is -0.910. The first-order valence-electron chi connectivity index (χ1n) is 9.99. The highest BCUT2D eigenvalue weighted by atomic mass is 19.1. The molecule has 2 atom stereocenters. The molecule has 1 fully saturated rings. The van der Waals surface area contributed by atoms with Gasteiger partial charge in [-0.05, 0) is 42.5 Å². The molecular weight excluding hydrogens is 383 g/mol. The van der Waals surface area contributed by atoms with Crippen LogP contribution in [0.2, 0.25) is 0 Å². The zero-order valence-corrected chi connectivity index (χ0v) is 16.7. The predicted octanol–water partition coefficient (Wildman–Crippen LogP) is 3.39. The van der Waals surface area contributed by atoms with Gasteiger partial charge in [-0.3, -0.25) is 20.4 Å². The maximum Gasteiger partial charge on any atom is 0.272 e. The number of benzene rings is 2. The van der Waals surface area contributed by atoms with Gasteiger partial charge in [-0.15, -0.1) is 0 Å². The lowest BCUT2D eigenvalue weighted by molar-refractivity contribution is -0.130. The largest absolute Gasteiger partial charge is 0.272 e. The molecule has 6 nitrogen and oxygen atoms in total. The molecule has 0 saturated heterocycles. The van der Waals surface area contributed by atoms with E-state index in [0.717, 1.165) is 23.1 Å². The number of hydrazine groups is 1. The van der Waals surface area contributed by atoms with Gasteiger partial charge >= 0.3 is 0 Å². The summed E-state index contributed by atoms with van der Waals surface area (Å²) in [6, 6.07) is 13.3. The summed E-state index contributed by atoms with van der Waals surface area (Å²) in [6.07, 6.45) is 1.44. The second kappa shape index (κ2) is 6.32. The van der Waals surface area contributed by atoms with E-state index < -0.39 is 22.6 Å². The summed E-state index contributed by atoms with van der Waals surface area (Å²) < 4.78 is 13.9. The Morgan fingerprint density at radius 1 is 1.00 bits per heavy atom. The molecular formula is C23H21FN4O2. The fraction of sp³-hybridized carbons (Fsp3) is 0.304. The Hall–Kier alpha value is -3.35. The molecule has 2 N–H and O–H groups in total. The zero-order valence-electron chi connectivity index (χ0n) is 16.7. The lowest BCUT2D eigenvalue weighted by Gasteiger charge is -2.36. The first-order valence-corrected chi connectivity index (χ1v) is 9.99. The van der Waals surface area contributed by atoms with Crippen LogP contribution >= 0.6 is 0 Å². The average molecular weight is 404 g/mol. The molecule has 7 heteroatoms. The van der Waals surface area contributed by atoms with Crippen LogP contribution in [0.15, 0.2) is 48.5 Å². The third kappa shape index (κ3) is 2.35. The Labute approximate surface area is 172 Å². The van der Waals surface area contributed by atoms with Crippen LogP contribution in [-0.4, -0.2) is 21.8 Å². The number of amides is 2. The summed E-state index contributed by atoms with van der Waals surface area (Å²) in [5, 5.41) is 0. The summed E-state index contributed by atoms with van der Waals surface area (Å²) in [6.45, 7) is 4.11. The lowest BCUT2D eigenvalue weighted by Crippen LogP contribution is -2.55. The number of aromatic nitrogens is 2. The Balaban J connectivity index is 1.50. The lowest BCUT2D eigenvalue weighted by atomic mass is 9.68. The van der Waals surface area contributed by atoms with Crippen LogP contribution in [0, 0.1) is 11.2 Å². The Morgan fingerprint density at radius 3 is 2.40 bits per heavy atom. The van der Waals surface area contributed by atoms with Crippen molar-refractivity contribution in [2.45, 2.75) is 38.0 Å².